The topological polar surface area (TPSA) is 42.4 Å². The SMILES string of the molecule is Cc1cc(CSCCN)oc1CN(C)C. The van der Waals surface area contributed by atoms with Gasteiger partial charge in [-0.2, -0.15) is 11.8 Å². The van der Waals surface area contributed by atoms with Crippen LogP contribution in [0.2, 0.25) is 0 Å². The number of rotatable bonds is 6. The summed E-state index contributed by atoms with van der Waals surface area (Å²) in [7, 11) is 4.09. The number of hydrogen-bond acceptors (Lipinski definition) is 4. The van der Waals surface area contributed by atoms with Crippen molar-refractivity contribution in [3.05, 3.63) is 23.2 Å². The largest absolute Gasteiger partial charge is 0.464 e. The van der Waals surface area contributed by atoms with E-state index in [1.54, 1.807) is 0 Å². The fourth-order valence-electron chi connectivity index (χ4n) is 1.36. The Bertz CT molecular complexity index is 297. The number of thioether (sulfide) groups is 1. The molecule has 0 spiro atoms. The van der Waals surface area contributed by atoms with Gasteiger partial charge in [-0.25, -0.2) is 0 Å². The number of nitrogens with two attached hydrogens (primary N) is 1. The summed E-state index contributed by atoms with van der Waals surface area (Å²) in [5.74, 6) is 4.04. The second-order valence-electron chi connectivity index (χ2n) is 3.90. The zero-order valence-corrected chi connectivity index (χ0v) is 10.6. The van der Waals surface area contributed by atoms with E-state index in [1.165, 1.54) is 5.56 Å². The van der Waals surface area contributed by atoms with Gasteiger partial charge in [-0.15, -0.1) is 0 Å². The highest BCUT2D eigenvalue weighted by atomic mass is 32.2. The third-order valence-corrected chi connectivity index (χ3v) is 3.05. The monoisotopic (exact) mass is 228 g/mol. The van der Waals surface area contributed by atoms with E-state index in [4.69, 9.17) is 10.2 Å². The molecule has 0 saturated carbocycles. The molecule has 1 rings (SSSR count). The van der Waals surface area contributed by atoms with Crippen LogP contribution in [0.4, 0.5) is 0 Å². The molecule has 1 heterocycles. The summed E-state index contributed by atoms with van der Waals surface area (Å²) in [4.78, 5) is 2.11. The van der Waals surface area contributed by atoms with Crippen molar-refractivity contribution in [3.63, 3.8) is 0 Å². The molecule has 0 radical (unpaired) electrons. The first-order chi connectivity index (χ1) is 7.13. The van der Waals surface area contributed by atoms with Gasteiger partial charge in [0, 0.05) is 12.3 Å². The van der Waals surface area contributed by atoms with Crippen LogP contribution in [0, 0.1) is 6.92 Å². The second kappa shape index (κ2) is 6.20. The van der Waals surface area contributed by atoms with Gasteiger partial charge in [0.25, 0.3) is 0 Å². The van der Waals surface area contributed by atoms with Crippen LogP contribution in [0.3, 0.4) is 0 Å². The summed E-state index contributed by atoms with van der Waals surface area (Å²) in [6.45, 7) is 3.70. The van der Waals surface area contributed by atoms with Crippen LogP contribution < -0.4 is 5.73 Å². The molecule has 0 aliphatic carbocycles. The first-order valence-electron chi connectivity index (χ1n) is 5.14. The Kier molecular flexibility index (Phi) is 5.22. The van der Waals surface area contributed by atoms with Crippen LogP contribution in [0.5, 0.6) is 0 Å². The molecule has 0 aromatic carbocycles. The maximum atomic E-state index is 5.77. The summed E-state index contributed by atoms with van der Waals surface area (Å²) >= 11 is 1.81. The first kappa shape index (κ1) is 12.6. The van der Waals surface area contributed by atoms with Gasteiger partial charge in [0.05, 0.1) is 12.3 Å². The van der Waals surface area contributed by atoms with Gasteiger partial charge in [0.2, 0.25) is 0 Å². The fourth-order valence-corrected chi connectivity index (χ4v) is 2.02. The van der Waals surface area contributed by atoms with Gasteiger partial charge in [-0.3, -0.25) is 0 Å². The molecular weight excluding hydrogens is 208 g/mol. The standard InChI is InChI=1S/C11H20N2OS/c1-9-6-10(8-15-5-4-12)14-11(9)7-13(2)3/h6H,4-5,7-8,12H2,1-3H3. The Morgan fingerprint density at radius 2 is 2.20 bits per heavy atom. The Morgan fingerprint density at radius 3 is 2.80 bits per heavy atom. The smallest absolute Gasteiger partial charge is 0.121 e. The average molecular weight is 228 g/mol. The van der Waals surface area contributed by atoms with Crippen LogP contribution >= 0.6 is 11.8 Å². The summed E-state index contributed by atoms with van der Waals surface area (Å²) < 4.78 is 5.77. The molecule has 86 valence electrons. The lowest BCUT2D eigenvalue weighted by Gasteiger charge is -2.07. The van der Waals surface area contributed by atoms with E-state index in [0.717, 1.165) is 36.1 Å². The number of aryl methyl sites for hydroxylation is 1. The fraction of sp³-hybridized carbons (Fsp3) is 0.636. The maximum Gasteiger partial charge on any atom is 0.121 e. The molecule has 4 heteroatoms. The molecule has 0 saturated heterocycles. The molecule has 0 aliphatic heterocycles. The molecule has 0 aliphatic rings. The summed E-state index contributed by atoms with van der Waals surface area (Å²) in [6, 6.07) is 2.13. The molecule has 3 nitrogen and oxygen atoms in total. The van der Waals surface area contributed by atoms with Gasteiger partial charge < -0.3 is 15.1 Å². The van der Waals surface area contributed by atoms with Crippen LogP contribution in [-0.4, -0.2) is 31.3 Å². The van der Waals surface area contributed by atoms with Crippen molar-refractivity contribution in [2.45, 2.75) is 19.2 Å². The molecule has 15 heavy (non-hydrogen) atoms. The Labute approximate surface area is 96.0 Å². The lowest BCUT2D eigenvalue weighted by atomic mass is 10.2. The van der Waals surface area contributed by atoms with Crippen molar-refractivity contribution in [2.24, 2.45) is 5.73 Å². The van der Waals surface area contributed by atoms with Gasteiger partial charge in [0.15, 0.2) is 0 Å². The van der Waals surface area contributed by atoms with Gasteiger partial charge in [0.1, 0.15) is 11.5 Å². The van der Waals surface area contributed by atoms with E-state index in [9.17, 15) is 0 Å². The van der Waals surface area contributed by atoms with Crippen molar-refractivity contribution in [3.8, 4) is 0 Å². The van der Waals surface area contributed by atoms with E-state index in [0.29, 0.717) is 0 Å². The van der Waals surface area contributed by atoms with Crippen molar-refractivity contribution >= 4 is 11.8 Å². The van der Waals surface area contributed by atoms with Crippen molar-refractivity contribution in [2.75, 3.05) is 26.4 Å². The van der Waals surface area contributed by atoms with E-state index in [2.05, 4.69) is 17.9 Å². The predicted octanol–water partition coefficient (Wildman–Crippen LogP) is 1.84. The van der Waals surface area contributed by atoms with Gasteiger partial charge in [-0.05, 0) is 32.6 Å². The van der Waals surface area contributed by atoms with Crippen LogP contribution in [0.15, 0.2) is 10.5 Å². The van der Waals surface area contributed by atoms with Crippen molar-refractivity contribution < 1.29 is 4.42 Å². The van der Waals surface area contributed by atoms with E-state index in [-0.39, 0.29) is 0 Å². The van der Waals surface area contributed by atoms with Crippen molar-refractivity contribution in [1.82, 2.24) is 4.90 Å². The normalized spacial score (nSPS) is 11.3. The molecule has 2 N–H and O–H groups in total. The highest BCUT2D eigenvalue weighted by molar-refractivity contribution is 7.98. The quantitative estimate of drug-likeness (QED) is 0.754. The van der Waals surface area contributed by atoms with Crippen LogP contribution in [-0.2, 0) is 12.3 Å². The lowest BCUT2D eigenvalue weighted by Crippen LogP contribution is -2.10. The Morgan fingerprint density at radius 1 is 1.47 bits per heavy atom. The van der Waals surface area contributed by atoms with Crippen molar-refractivity contribution in [1.29, 1.82) is 0 Å². The summed E-state index contributed by atoms with van der Waals surface area (Å²) in [5, 5.41) is 0. The van der Waals surface area contributed by atoms with E-state index >= 15 is 0 Å². The lowest BCUT2D eigenvalue weighted by molar-refractivity contribution is 0.343. The minimum Gasteiger partial charge on any atom is -0.464 e. The van der Waals surface area contributed by atoms with Gasteiger partial charge in [-0.1, -0.05) is 0 Å². The third kappa shape index (κ3) is 4.28. The average Bonchev–Trinajstić information content (AvgIpc) is 2.47. The maximum absolute atomic E-state index is 5.77. The molecule has 0 fully saturated rings. The number of furan rings is 1. The molecular formula is C11H20N2OS. The molecule has 0 atom stereocenters. The highest BCUT2D eigenvalue weighted by Gasteiger charge is 2.08. The summed E-state index contributed by atoms with van der Waals surface area (Å²) in [6.07, 6.45) is 0. The first-order valence-corrected chi connectivity index (χ1v) is 6.29. The minimum atomic E-state index is 0.731. The second-order valence-corrected chi connectivity index (χ2v) is 5.00. The molecule has 0 unspecified atom stereocenters. The highest BCUT2D eigenvalue weighted by Crippen LogP contribution is 2.20. The van der Waals surface area contributed by atoms with E-state index in [1.807, 2.05) is 25.9 Å². The zero-order valence-electron chi connectivity index (χ0n) is 9.75. The summed E-state index contributed by atoms with van der Waals surface area (Å²) in [5.41, 5.74) is 6.68. The number of nitrogens with zero attached hydrogens (tertiary/aromatic N) is 1. The van der Waals surface area contributed by atoms with Gasteiger partial charge >= 0.3 is 0 Å². The molecule has 0 bridgehead atoms. The molecule has 0 amide bonds. The van der Waals surface area contributed by atoms with Crippen LogP contribution in [0.1, 0.15) is 17.1 Å². The molecule has 1 aromatic rings. The Balaban J connectivity index is 2.52. The predicted molar refractivity (Wildman–Crippen MR) is 66.1 cm³/mol. The van der Waals surface area contributed by atoms with Crippen LogP contribution in [0.25, 0.3) is 0 Å². The Hall–Kier alpha value is -0.450. The minimum absolute atomic E-state index is 0.731. The number of hydrogen-bond donors (Lipinski definition) is 1. The zero-order chi connectivity index (χ0) is 11.3. The van der Waals surface area contributed by atoms with E-state index < -0.39 is 0 Å². The third-order valence-electron chi connectivity index (χ3n) is 2.04. The molecule has 1 aromatic heterocycles.